The van der Waals surface area contributed by atoms with Crippen molar-refractivity contribution in [2.75, 3.05) is 18.4 Å². The fourth-order valence-corrected chi connectivity index (χ4v) is 1.74. The van der Waals surface area contributed by atoms with Crippen molar-refractivity contribution in [1.29, 1.82) is 0 Å². The number of hydrogen-bond acceptors (Lipinski definition) is 6. The molecule has 7 nitrogen and oxygen atoms in total. The number of carbonyl (C=O) groups excluding carboxylic acids is 1. The van der Waals surface area contributed by atoms with E-state index in [0.29, 0.717) is 36.2 Å². The third kappa shape index (κ3) is 3.11. The Morgan fingerprint density at radius 3 is 2.45 bits per heavy atom. The first-order valence-corrected chi connectivity index (χ1v) is 6.45. The molecule has 0 aliphatic rings. The molecule has 2 aromatic rings. The predicted molar refractivity (Wildman–Crippen MR) is 73.8 cm³/mol. The van der Waals surface area contributed by atoms with Crippen LogP contribution in [0.3, 0.4) is 0 Å². The van der Waals surface area contributed by atoms with E-state index in [1.54, 1.807) is 17.9 Å². The van der Waals surface area contributed by atoms with Crippen LogP contribution >= 0.6 is 0 Å². The van der Waals surface area contributed by atoms with Crippen LogP contribution in [0.4, 0.5) is 11.8 Å². The van der Waals surface area contributed by atoms with E-state index in [1.165, 1.54) is 12.4 Å². The Morgan fingerprint density at radius 2 is 1.95 bits per heavy atom. The molecule has 0 spiro atoms. The number of nitrogens with zero attached hydrogens (tertiary/aromatic N) is 4. The zero-order valence-corrected chi connectivity index (χ0v) is 11.8. The molecule has 2 heterocycles. The molecule has 1 amide bonds. The smallest absolute Gasteiger partial charge is 0.256 e. The van der Waals surface area contributed by atoms with Crippen molar-refractivity contribution < 1.29 is 9.32 Å². The summed E-state index contributed by atoms with van der Waals surface area (Å²) in [6.07, 6.45) is 3.01. The van der Waals surface area contributed by atoms with Crippen LogP contribution in [-0.2, 0) is 0 Å². The molecule has 0 atom stereocenters. The van der Waals surface area contributed by atoms with Gasteiger partial charge in [-0.25, -0.2) is 9.97 Å². The Bertz CT molecular complexity index is 575. The van der Waals surface area contributed by atoms with E-state index >= 15 is 0 Å². The molecule has 7 heteroatoms. The summed E-state index contributed by atoms with van der Waals surface area (Å²) in [7, 11) is 0. The lowest BCUT2D eigenvalue weighted by molar-refractivity contribution is 0.0772. The quantitative estimate of drug-likeness (QED) is 0.898. The number of amides is 1. The Balaban J connectivity index is 2.08. The number of nitrogens with one attached hydrogen (secondary N) is 1. The summed E-state index contributed by atoms with van der Waals surface area (Å²) in [5, 5.41) is 6.68. The Kier molecular flexibility index (Phi) is 4.29. The lowest BCUT2D eigenvalue weighted by Gasteiger charge is -2.18. The predicted octanol–water partition coefficient (Wildman–Crippen LogP) is 2.00. The molecular weight excluding hydrogens is 258 g/mol. The molecule has 0 saturated carbocycles. The zero-order chi connectivity index (χ0) is 14.5. The molecule has 0 aromatic carbocycles. The summed E-state index contributed by atoms with van der Waals surface area (Å²) in [6, 6.07) is 1.73. The molecule has 0 saturated heterocycles. The van der Waals surface area contributed by atoms with E-state index < -0.39 is 0 Å². The second-order valence-corrected chi connectivity index (χ2v) is 4.22. The van der Waals surface area contributed by atoms with Crippen molar-refractivity contribution in [3.63, 3.8) is 0 Å². The maximum absolute atomic E-state index is 12.1. The number of rotatable bonds is 5. The highest BCUT2D eigenvalue weighted by molar-refractivity contribution is 5.93. The van der Waals surface area contributed by atoms with Crippen LogP contribution in [0.25, 0.3) is 0 Å². The minimum absolute atomic E-state index is 0.0705. The van der Waals surface area contributed by atoms with Gasteiger partial charge in [0.2, 0.25) is 5.95 Å². The summed E-state index contributed by atoms with van der Waals surface area (Å²) < 4.78 is 4.93. The van der Waals surface area contributed by atoms with E-state index in [2.05, 4.69) is 20.4 Å². The van der Waals surface area contributed by atoms with Gasteiger partial charge in [0, 0.05) is 31.5 Å². The molecule has 0 unspecified atom stereocenters. The van der Waals surface area contributed by atoms with Crippen molar-refractivity contribution in [3.8, 4) is 0 Å². The monoisotopic (exact) mass is 275 g/mol. The second-order valence-electron chi connectivity index (χ2n) is 4.22. The number of aromatic nitrogens is 3. The van der Waals surface area contributed by atoms with Crippen LogP contribution in [0.2, 0.25) is 0 Å². The number of aryl methyl sites for hydroxylation is 1. The van der Waals surface area contributed by atoms with E-state index in [-0.39, 0.29) is 5.91 Å². The van der Waals surface area contributed by atoms with Crippen LogP contribution in [-0.4, -0.2) is 39.0 Å². The van der Waals surface area contributed by atoms with Gasteiger partial charge in [-0.1, -0.05) is 5.16 Å². The summed E-state index contributed by atoms with van der Waals surface area (Å²) in [5.74, 6) is 1.53. The van der Waals surface area contributed by atoms with Crippen molar-refractivity contribution in [3.05, 3.63) is 29.8 Å². The van der Waals surface area contributed by atoms with Gasteiger partial charge in [0.1, 0.15) is 5.76 Å². The van der Waals surface area contributed by atoms with Gasteiger partial charge in [0.15, 0.2) is 5.82 Å². The van der Waals surface area contributed by atoms with Crippen molar-refractivity contribution >= 4 is 17.7 Å². The van der Waals surface area contributed by atoms with Crippen LogP contribution < -0.4 is 5.32 Å². The van der Waals surface area contributed by atoms with Crippen LogP contribution in [0.5, 0.6) is 0 Å². The zero-order valence-electron chi connectivity index (χ0n) is 11.8. The molecular formula is C13H17N5O2. The first kappa shape index (κ1) is 14.0. The molecule has 0 aliphatic carbocycles. The van der Waals surface area contributed by atoms with Crippen molar-refractivity contribution in [2.45, 2.75) is 20.8 Å². The highest BCUT2D eigenvalue weighted by atomic mass is 16.5. The molecule has 2 rings (SSSR count). The van der Waals surface area contributed by atoms with E-state index in [4.69, 9.17) is 4.52 Å². The van der Waals surface area contributed by atoms with Gasteiger partial charge in [0.25, 0.3) is 5.91 Å². The molecule has 0 radical (unpaired) electrons. The molecule has 2 aromatic heterocycles. The standard InChI is InChI=1S/C13H17N5O2/c1-4-18(5-2)12(19)10-7-14-13(15-8-10)16-11-6-9(3)20-17-11/h6-8H,4-5H2,1-3H3,(H,14,15,16,17). The second kappa shape index (κ2) is 6.14. The van der Waals surface area contributed by atoms with Gasteiger partial charge >= 0.3 is 0 Å². The first-order valence-electron chi connectivity index (χ1n) is 6.45. The van der Waals surface area contributed by atoms with Crippen LogP contribution in [0.15, 0.2) is 23.0 Å². The van der Waals surface area contributed by atoms with E-state index in [0.717, 1.165) is 0 Å². The molecule has 20 heavy (non-hydrogen) atoms. The van der Waals surface area contributed by atoms with Gasteiger partial charge < -0.3 is 14.7 Å². The van der Waals surface area contributed by atoms with Crippen LogP contribution in [0, 0.1) is 6.92 Å². The largest absolute Gasteiger partial charge is 0.360 e. The highest BCUT2D eigenvalue weighted by Gasteiger charge is 2.13. The van der Waals surface area contributed by atoms with Gasteiger partial charge in [-0.2, -0.15) is 0 Å². The maximum atomic E-state index is 12.1. The summed E-state index contributed by atoms with van der Waals surface area (Å²) in [4.78, 5) is 22.0. The average Bonchev–Trinajstić information content (AvgIpc) is 2.86. The van der Waals surface area contributed by atoms with Gasteiger partial charge in [-0.05, 0) is 20.8 Å². The topological polar surface area (TPSA) is 84.2 Å². The molecule has 0 bridgehead atoms. The summed E-state index contributed by atoms with van der Waals surface area (Å²) in [6.45, 7) is 6.99. The fraction of sp³-hybridized carbons (Fsp3) is 0.385. The number of anilines is 2. The Morgan fingerprint density at radius 1 is 1.30 bits per heavy atom. The molecule has 1 N–H and O–H groups in total. The van der Waals surface area contributed by atoms with Crippen molar-refractivity contribution in [2.24, 2.45) is 0 Å². The van der Waals surface area contributed by atoms with Gasteiger partial charge in [0.05, 0.1) is 5.56 Å². The number of carbonyl (C=O) groups is 1. The normalized spacial score (nSPS) is 10.3. The maximum Gasteiger partial charge on any atom is 0.256 e. The molecule has 0 aliphatic heterocycles. The minimum atomic E-state index is -0.0705. The first-order chi connectivity index (χ1) is 9.63. The third-order valence-electron chi connectivity index (χ3n) is 2.82. The minimum Gasteiger partial charge on any atom is -0.360 e. The average molecular weight is 275 g/mol. The molecule has 0 fully saturated rings. The Labute approximate surface area is 117 Å². The number of hydrogen-bond donors (Lipinski definition) is 1. The SMILES string of the molecule is CCN(CC)C(=O)c1cnc(Nc2cc(C)on2)nc1. The fourth-order valence-electron chi connectivity index (χ4n) is 1.74. The van der Waals surface area contributed by atoms with E-state index in [1.807, 2.05) is 13.8 Å². The van der Waals surface area contributed by atoms with Gasteiger partial charge in [-0.3, -0.25) is 4.79 Å². The van der Waals surface area contributed by atoms with Crippen LogP contribution in [0.1, 0.15) is 30.0 Å². The summed E-state index contributed by atoms with van der Waals surface area (Å²) >= 11 is 0. The Hall–Kier alpha value is -2.44. The third-order valence-corrected chi connectivity index (χ3v) is 2.82. The summed E-state index contributed by atoms with van der Waals surface area (Å²) in [5.41, 5.74) is 0.468. The lowest BCUT2D eigenvalue weighted by Crippen LogP contribution is -2.30. The van der Waals surface area contributed by atoms with E-state index in [9.17, 15) is 4.79 Å². The van der Waals surface area contributed by atoms with Gasteiger partial charge in [-0.15, -0.1) is 0 Å². The highest BCUT2D eigenvalue weighted by Crippen LogP contribution is 2.12. The van der Waals surface area contributed by atoms with Crippen molar-refractivity contribution in [1.82, 2.24) is 20.0 Å². The lowest BCUT2D eigenvalue weighted by atomic mass is 10.3. The molecule has 106 valence electrons.